The van der Waals surface area contributed by atoms with Gasteiger partial charge in [0.2, 0.25) is 65.0 Å². The topological polar surface area (TPSA) is 509 Å². The van der Waals surface area contributed by atoms with E-state index in [1.165, 1.54) is 41.3 Å². The van der Waals surface area contributed by atoms with Gasteiger partial charge < -0.3 is 96.0 Å². The number of aromatic nitrogens is 1. The number of aliphatic imine (C=N–C) groups is 1. The number of aliphatic carboxylic acids is 1. The average molecular weight is 1440 g/mol. The summed E-state index contributed by atoms with van der Waals surface area (Å²) in [5, 5.41) is 55.8. The van der Waals surface area contributed by atoms with Crippen LogP contribution in [-0.2, 0) is 76.8 Å². The second kappa shape index (κ2) is 39.4. The Hall–Kier alpha value is -9.63. The van der Waals surface area contributed by atoms with Crippen molar-refractivity contribution in [2.75, 3.05) is 37.7 Å². The minimum Gasteiger partial charge on any atom is -0.508 e. The lowest BCUT2D eigenvalue weighted by atomic mass is 9.95. The number of carboxylic acid groups (broad SMARTS) is 1. The maximum absolute atomic E-state index is 15.2. The second-order valence-corrected chi connectivity index (χ2v) is 28.1. The number of carbonyl (C=O) groups excluding carboxylic acids is 11. The molecule has 0 spiro atoms. The molecule has 101 heavy (non-hydrogen) atoms. The molecule has 33 heteroatoms. The Morgan fingerprint density at radius 1 is 0.653 bits per heavy atom. The molecule has 1 aliphatic carbocycles. The lowest BCUT2D eigenvalue weighted by molar-refractivity contribution is -0.139. The second-order valence-electron chi connectivity index (χ2n) is 25.6. The van der Waals surface area contributed by atoms with Crippen LogP contribution in [0, 0.1) is 11.8 Å². The molecule has 31 nitrogen and oxygen atoms in total. The maximum atomic E-state index is 15.2. The number of guanidine groups is 1. The number of aromatic amines is 1. The van der Waals surface area contributed by atoms with Gasteiger partial charge in [0.05, 0.1) is 0 Å². The SMILES string of the molecule is C[C@@H]1CCCCNC(=O)[C@H](CCCN=C(N)N)NC(=O)[C@H](Cc2ccc(O)cc2)NC(=O)[C@H](C2CCCC2)NC(=O)[C@@H](NC(=O)[C@H](Cc2ccc(O)cc2)NC(=O)[C@@H]2CCCN2C(=O)CCN)CSSC[C@@H](C(N)=O)NC(=O)[C@H](CCC(=O)O)NC(=O)[C@H](Cc2c[nH]c3ccccc23)NC1=O. The number of nitrogens with one attached hydrogen (secondary N) is 10. The van der Waals surface area contributed by atoms with Crippen molar-refractivity contribution in [3.05, 3.63) is 95.7 Å². The number of nitrogens with zero attached hydrogens (tertiary/aromatic N) is 2. The monoisotopic (exact) mass is 1440 g/mol. The number of benzene rings is 3. The van der Waals surface area contributed by atoms with Gasteiger partial charge in [-0.25, -0.2) is 0 Å². The number of H-pyrrole nitrogens is 1. The van der Waals surface area contributed by atoms with E-state index < -0.39 is 144 Å². The summed E-state index contributed by atoms with van der Waals surface area (Å²) in [4.78, 5) is 179. The fraction of sp³-hybridized carbons (Fsp3) is 0.515. The van der Waals surface area contributed by atoms with Crippen LogP contribution in [0.3, 0.4) is 0 Å². The lowest BCUT2D eigenvalue weighted by Crippen LogP contribution is -2.61. The first-order valence-electron chi connectivity index (χ1n) is 34.0. The van der Waals surface area contributed by atoms with Crippen molar-refractivity contribution in [2.45, 2.75) is 170 Å². The molecule has 3 heterocycles. The van der Waals surface area contributed by atoms with Crippen molar-refractivity contribution < 1.29 is 72.9 Å². The summed E-state index contributed by atoms with van der Waals surface area (Å²) in [6, 6.07) is 6.42. The Morgan fingerprint density at radius 2 is 1.27 bits per heavy atom. The van der Waals surface area contributed by atoms with Crippen molar-refractivity contribution >= 4 is 109 Å². The third kappa shape index (κ3) is 24.6. The number of carboxylic acids is 1. The van der Waals surface area contributed by atoms with Crippen molar-refractivity contribution in [2.24, 2.45) is 39.8 Å². The van der Waals surface area contributed by atoms with Gasteiger partial charge in [-0.2, -0.15) is 0 Å². The normalized spacial score (nSPS) is 23.5. The van der Waals surface area contributed by atoms with E-state index in [-0.39, 0.29) is 112 Å². The molecule has 4 aromatic rings. The molecule has 3 aromatic carbocycles. The Morgan fingerprint density at radius 3 is 1.93 bits per heavy atom. The van der Waals surface area contributed by atoms with Gasteiger partial charge in [0, 0.05) is 92.8 Å². The molecule has 0 radical (unpaired) electrons. The van der Waals surface area contributed by atoms with E-state index in [2.05, 4.69) is 57.8 Å². The van der Waals surface area contributed by atoms with Crippen LogP contribution in [0.25, 0.3) is 10.9 Å². The number of phenolic OH excluding ortho intramolecular Hbond substituents is 2. The summed E-state index contributed by atoms with van der Waals surface area (Å²) in [5.74, 6) is -12.1. The summed E-state index contributed by atoms with van der Waals surface area (Å²) in [5.41, 5.74) is 25.1. The molecule has 0 bridgehead atoms. The van der Waals surface area contributed by atoms with Crippen LogP contribution in [0.1, 0.15) is 114 Å². The fourth-order valence-corrected chi connectivity index (χ4v) is 14.7. The molecule has 1 saturated carbocycles. The number of fused-ring (bicyclic) bond motifs is 1. The van der Waals surface area contributed by atoms with Crippen LogP contribution in [-0.4, -0.2) is 194 Å². The van der Waals surface area contributed by atoms with Crippen LogP contribution in [0.5, 0.6) is 11.5 Å². The Balaban J connectivity index is 1.25. The van der Waals surface area contributed by atoms with E-state index in [0.29, 0.717) is 61.6 Å². The first kappa shape index (κ1) is 78.7. The molecular formula is C68H94N16O15S2. The van der Waals surface area contributed by atoms with Crippen molar-refractivity contribution in [3.8, 4) is 11.5 Å². The number of likely N-dealkylation sites (tertiary alicyclic amines) is 1. The molecule has 0 unspecified atom stereocenters. The van der Waals surface area contributed by atoms with E-state index in [1.54, 1.807) is 31.3 Å². The Bertz CT molecular complexity index is 3570. The predicted octanol–water partition coefficient (Wildman–Crippen LogP) is -0.263. The number of nitrogens with two attached hydrogens (primary N) is 4. The summed E-state index contributed by atoms with van der Waals surface area (Å²) >= 11 is 0. The molecule has 10 atom stereocenters. The van der Waals surface area contributed by atoms with Gasteiger partial charge in [0.15, 0.2) is 5.96 Å². The number of primary amides is 1. The molecule has 11 amide bonds. The molecule has 7 rings (SSSR count). The Kier molecular flexibility index (Phi) is 30.7. The minimum absolute atomic E-state index is 0.0179. The van der Waals surface area contributed by atoms with E-state index in [4.69, 9.17) is 22.9 Å². The number of phenols is 2. The molecule has 548 valence electrons. The predicted molar refractivity (Wildman–Crippen MR) is 378 cm³/mol. The first-order chi connectivity index (χ1) is 48.4. The number of aromatic hydroxyl groups is 2. The van der Waals surface area contributed by atoms with E-state index in [9.17, 15) is 63.3 Å². The van der Waals surface area contributed by atoms with Gasteiger partial charge in [-0.3, -0.25) is 62.5 Å². The van der Waals surface area contributed by atoms with Gasteiger partial charge in [-0.15, -0.1) is 0 Å². The summed E-state index contributed by atoms with van der Waals surface area (Å²) in [6.07, 6.45) is 4.26. The Labute approximate surface area is 592 Å². The van der Waals surface area contributed by atoms with E-state index in [1.807, 2.05) is 18.2 Å². The number of rotatable bonds is 21. The number of carbonyl (C=O) groups is 12. The first-order valence-corrected chi connectivity index (χ1v) is 36.5. The zero-order chi connectivity index (χ0) is 73.1. The van der Waals surface area contributed by atoms with Crippen molar-refractivity contribution in [1.29, 1.82) is 0 Å². The molecular weight excluding hydrogens is 1340 g/mol. The van der Waals surface area contributed by atoms with Crippen molar-refractivity contribution in [1.82, 2.24) is 57.7 Å². The van der Waals surface area contributed by atoms with Crippen molar-refractivity contribution in [3.63, 3.8) is 0 Å². The smallest absolute Gasteiger partial charge is 0.303 e. The highest BCUT2D eigenvalue weighted by atomic mass is 33.1. The van der Waals surface area contributed by atoms with Crippen LogP contribution < -0.4 is 70.8 Å². The molecule has 21 N–H and O–H groups in total. The highest BCUT2D eigenvalue weighted by molar-refractivity contribution is 8.76. The maximum Gasteiger partial charge on any atom is 0.303 e. The van der Waals surface area contributed by atoms with Gasteiger partial charge in [0.25, 0.3) is 0 Å². The van der Waals surface area contributed by atoms with Gasteiger partial charge in [-0.05, 0) is 111 Å². The highest BCUT2D eigenvalue weighted by Gasteiger charge is 2.40. The zero-order valence-electron chi connectivity index (χ0n) is 56.4. The van der Waals surface area contributed by atoms with Gasteiger partial charge >= 0.3 is 5.97 Å². The standard InChI is InChI=1S/C68H94N16O15S2/c1-38-10-6-7-29-73-60(92)47(15-8-30-74-68(71)72)76-62(94)50(33-40-19-23-44(86)24-20-40)80-67(99)57(41-11-2-3-12-41)83-65(97)53(82-63(95)49(32-39-17-21-43(85)22-18-39)79-66(98)54-16-9-31-84(54)55(87)27-28-69)37-101-100-36-52(58(70)90)81-61(93)48(25-26-56(88)89)77-64(96)51(78-59(38)91)34-42-35-75-46-14-5-4-13-45(42)46/h4-5,13-14,17-24,35,38,41,47-54,57,75,85-86H,2-3,6-12,15-16,25-34,36-37,69H2,1H3,(H2,70,90)(H,73,92)(H,76,94)(H,77,96)(H,78,91)(H,79,98)(H,80,99)(H,81,93)(H,82,95)(H,83,97)(H,88,89)(H4,71,72,74)/t38-,47+,48+,49+,50+,51+,52+,53+,54+,57+/m1/s1. The highest BCUT2D eigenvalue weighted by Crippen LogP contribution is 2.30. The van der Waals surface area contributed by atoms with E-state index in [0.717, 1.165) is 32.5 Å². The van der Waals surface area contributed by atoms with Gasteiger partial charge in [0.1, 0.15) is 65.9 Å². The van der Waals surface area contributed by atoms with Crippen LogP contribution in [0.15, 0.2) is 84.0 Å². The quantitative estimate of drug-likeness (QED) is 0.0221. The largest absolute Gasteiger partial charge is 0.508 e. The molecule has 3 aliphatic rings. The number of amides is 11. The molecule has 1 aromatic heterocycles. The average Bonchev–Trinajstić information content (AvgIpc) is 1.76. The van der Waals surface area contributed by atoms with Crippen LogP contribution >= 0.6 is 21.6 Å². The third-order valence-corrected chi connectivity index (χ3v) is 20.4. The van der Waals surface area contributed by atoms with E-state index >= 15 is 9.59 Å². The number of hydrogen-bond donors (Lipinski definition) is 17. The summed E-state index contributed by atoms with van der Waals surface area (Å²) in [7, 11) is 1.83. The summed E-state index contributed by atoms with van der Waals surface area (Å²) < 4.78 is 0. The molecule has 2 aliphatic heterocycles. The number of para-hydroxylation sites is 1. The van der Waals surface area contributed by atoms with Gasteiger partial charge in [-0.1, -0.05) is 90.2 Å². The molecule has 2 saturated heterocycles. The fourth-order valence-electron chi connectivity index (χ4n) is 12.3. The zero-order valence-corrected chi connectivity index (χ0v) is 58.0. The van der Waals surface area contributed by atoms with Crippen LogP contribution in [0.2, 0.25) is 0 Å². The number of hydrogen-bond acceptors (Lipinski definition) is 18. The molecule has 3 fully saturated rings. The van der Waals surface area contributed by atoms with Crippen LogP contribution in [0.4, 0.5) is 0 Å². The summed E-state index contributed by atoms with van der Waals surface area (Å²) in [6.45, 7) is 2.10. The minimum atomic E-state index is -1.60. The lowest BCUT2D eigenvalue weighted by Gasteiger charge is -2.30. The third-order valence-electron chi connectivity index (χ3n) is 18.0.